The van der Waals surface area contributed by atoms with Crippen LogP contribution in [0.2, 0.25) is 0 Å². The van der Waals surface area contributed by atoms with Gasteiger partial charge in [-0.1, -0.05) is 0 Å². The van der Waals surface area contributed by atoms with E-state index in [-0.39, 0.29) is 5.85 Å². The fraction of sp³-hybridized carbons (Fsp3) is 1.00. The summed E-state index contributed by atoms with van der Waals surface area (Å²) in [4.78, 5) is 4.10. The first-order chi connectivity index (χ1) is 4.95. The number of ether oxygens (including phenoxy) is 1. The van der Waals surface area contributed by atoms with Crippen molar-refractivity contribution in [2.24, 2.45) is 0 Å². The van der Waals surface area contributed by atoms with Crippen molar-refractivity contribution in [2.75, 3.05) is 34.8 Å². The Hall–Kier alpha value is -0.120. The molecule has 0 atom stereocenters. The number of nitrogens with zero attached hydrogens (tertiary/aromatic N) is 2. The molecule has 3 nitrogen and oxygen atoms in total. The molecular formula is C8H20N2O. The van der Waals surface area contributed by atoms with Gasteiger partial charge in [0.15, 0.2) is 5.85 Å². The van der Waals surface area contributed by atoms with Crippen molar-refractivity contribution < 1.29 is 4.74 Å². The minimum Gasteiger partial charge on any atom is -0.347 e. The second-order valence-electron chi connectivity index (χ2n) is 3.16. The summed E-state index contributed by atoms with van der Waals surface area (Å²) in [6.07, 6.45) is 0. The van der Waals surface area contributed by atoms with Gasteiger partial charge in [-0.05, 0) is 42.0 Å². The van der Waals surface area contributed by atoms with Crippen molar-refractivity contribution >= 4 is 0 Å². The Kier molecular flexibility index (Phi) is 4.00. The lowest BCUT2D eigenvalue weighted by atomic mass is 10.4. The fourth-order valence-corrected chi connectivity index (χ4v) is 0.932. The quantitative estimate of drug-likeness (QED) is 0.566. The molecule has 0 fully saturated rings. The Morgan fingerprint density at radius 3 is 1.55 bits per heavy atom. The summed E-state index contributed by atoms with van der Waals surface area (Å²) >= 11 is 0. The van der Waals surface area contributed by atoms with Gasteiger partial charge >= 0.3 is 0 Å². The summed E-state index contributed by atoms with van der Waals surface area (Å²) in [5.41, 5.74) is 0. The molecule has 0 bridgehead atoms. The van der Waals surface area contributed by atoms with E-state index >= 15 is 0 Å². The normalized spacial score (nSPS) is 13.1. The zero-order valence-electron chi connectivity index (χ0n) is 8.51. The zero-order chi connectivity index (χ0) is 9.07. The monoisotopic (exact) mass is 160 g/mol. The molecule has 3 heteroatoms. The lowest BCUT2D eigenvalue weighted by Gasteiger charge is -2.41. The van der Waals surface area contributed by atoms with Gasteiger partial charge in [0.2, 0.25) is 0 Å². The van der Waals surface area contributed by atoms with Gasteiger partial charge < -0.3 is 4.74 Å². The van der Waals surface area contributed by atoms with Crippen LogP contribution in [0, 0.1) is 0 Å². The van der Waals surface area contributed by atoms with Gasteiger partial charge in [-0.3, -0.25) is 9.80 Å². The van der Waals surface area contributed by atoms with E-state index < -0.39 is 0 Å². The van der Waals surface area contributed by atoms with E-state index in [1.807, 2.05) is 35.1 Å². The molecule has 0 aromatic rings. The summed E-state index contributed by atoms with van der Waals surface area (Å²) in [6, 6.07) is 0. The van der Waals surface area contributed by atoms with Crippen molar-refractivity contribution in [2.45, 2.75) is 19.7 Å². The van der Waals surface area contributed by atoms with Crippen LogP contribution in [0.3, 0.4) is 0 Å². The van der Waals surface area contributed by atoms with Crippen LogP contribution in [0.15, 0.2) is 0 Å². The van der Waals surface area contributed by atoms with Gasteiger partial charge in [0.05, 0.1) is 0 Å². The summed E-state index contributed by atoms with van der Waals surface area (Å²) in [7, 11) is 8.04. The van der Waals surface area contributed by atoms with Crippen LogP contribution in [-0.2, 0) is 4.74 Å². The standard InChI is InChI=1S/C8H20N2O/c1-7-11-8(2,9(3)4)10(5)6/h7H2,1-6H3. The number of hydrogen-bond acceptors (Lipinski definition) is 3. The highest BCUT2D eigenvalue weighted by atomic mass is 16.5. The number of hydrogen-bond donors (Lipinski definition) is 0. The van der Waals surface area contributed by atoms with Crippen LogP contribution >= 0.6 is 0 Å². The van der Waals surface area contributed by atoms with E-state index in [9.17, 15) is 0 Å². The van der Waals surface area contributed by atoms with E-state index in [1.54, 1.807) is 0 Å². The first-order valence-electron chi connectivity index (χ1n) is 3.94. The van der Waals surface area contributed by atoms with Crippen molar-refractivity contribution in [3.05, 3.63) is 0 Å². The molecule has 0 aromatic carbocycles. The SMILES string of the molecule is CCOC(C)(N(C)C)N(C)C. The van der Waals surface area contributed by atoms with Gasteiger partial charge in [0.25, 0.3) is 0 Å². The van der Waals surface area contributed by atoms with Crippen LogP contribution in [0.4, 0.5) is 0 Å². The first-order valence-corrected chi connectivity index (χ1v) is 3.94. The van der Waals surface area contributed by atoms with Gasteiger partial charge in [-0.25, -0.2) is 0 Å². The third-order valence-corrected chi connectivity index (χ3v) is 2.08. The van der Waals surface area contributed by atoms with Gasteiger partial charge in [-0.2, -0.15) is 0 Å². The summed E-state index contributed by atoms with van der Waals surface area (Å²) < 4.78 is 5.60. The van der Waals surface area contributed by atoms with Crippen LogP contribution in [0.25, 0.3) is 0 Å². The minimum atomic E-state index is -0.283. The second-order valence-corrected chi connectivity index (χ2v) is 3.16. The summed E-state index contributed by atoms with van der Waals surface area (Å²) in [5.74, 6) is -0.283. The molecule has 0 aliphatic rings. The number of rotatable bonds is 4. The Bertz CT molecular complexity index is 105. The molecule has 0 aliphatic heterocycles. The van der Waals surface area contributed by atoms with E-state index in [1.165, 1.54) is 0 Å². The van der Waals surface area contributed by atoms with Crippen molar-refractivity contribution in [3.63, 3.8) is 0 Å². The summed E-state index contributed by atoms with van der Waals surface area (Å²) in [5, 5.41) is 0. The third-order valence-electron chi connectivity index (χ3n) is 2.08. The van der Waals surface area contributed by atoms with Gasteiger partial charge in [0.1, 0.15) is 0 Å². The molecule has 0 saturated carbocycles. The van der Waals surface area contributed by atoms with Gasteiger partial charge in [-0.15, -0.1) is 0 Å². The molecule has 0 rings (SSSR count). The van der Waals surface area contributed by atoms with Crippen LogP contribution in [0.1, 0.15) is 13.8 Å². The molecule has 0 aromatic heterocycles. The largest absolute Gasteiger partial charge is 0.347 e. The van der Waals surface area contributed by atoms with Crippen LogP contribution in [-0.4, -0.2) is 50.4 Å². The Morgan fingerprint density at radius 1 is 1.09 bits per heavy atom. The average molecular weight is 160 g/mol. The predicted molar refractivity (Wildman–Crippen MR) is 47.4 cm³/mol. The maximum absolute atomic E-state index is 5.60. The molecule has 0 radical (unpaired) electrons. The van der Waals surface area contributed by atoms with Crippen molar-refractivity contribution in [1.82, 2.24) is 9.80 Å². The Balaban J connectivity index is 4.26. The molecule has 11 heavy (non-hydrogen) atoms. The maximum Gasteiger partial charge on any atom is 0.175 e. The lowest BCUT2D eigenvalue weighted by Crippen LogP contribution is -2.54. The van der Waals surface area contributed by atoms with Crippen molar-refractivity contribution in [1.29, 1.82) is 0 Å². The fourth-order valence-electron chi connectivity index (χ4n) is 0.932. The van der Waals surface area contributed by atoms with Crippen LogP contribution in [0.5, 0.6) is 0 Å². The van der Waals surface area contributed by atoms with E-state index in [2.05, 4.69) is 16.7 Å². The lowest BCUT2D eigenvalue weighted by molar-refractivity contribution is -0.204. The van der Waals surface area contributed by atoms with E-state index in [0.29, 0.717) is 0 Å². The van der Waals surface area contributed by atoms with Crippen molar-refractivity contribution in [3.8, 4) is 0 Å². The highest BCUT2D eigenvalue weighted by molar-refractivity contribution is 4.67. The molecule has 0 saturated heterocycles. The highest BCUT2D eigenvalue weighted by Crippen LogP contribution is 2.15. The van der Waals surface area contributed by atoms with Gasteiger partial charge in [0, 0.05) is 6.61 Å². The molecule has 68 valence electrons. The molecular weight excluding hydrogens is 140 g/mol. The van der Waals surface area contributed by atoms with E-state index in [0.717, 1.165) is 6.61 Å². The maximum atomic E-state index is 5.60. The first kappa shape index (κ1) is 10.9. The Morgan fingerprint density at radius 2 is 1.45 bits per heavy atom. The molecule has 0 unspecified atom stereocenters. The highest BCUT2D eigenvalue weighted by Gasteiger charge is 2.29. The molecule has 0 aliphatic carbocycles. The molecule has 0 spiro atoms. The smallest absolute Gasteiger partial charge is 0.175 e. The topological polar surface area (TPSA) is 15.7 Å². The molecule has 0 heterocycles. The molecule has 0 N–H and O–H groups in total. The second kappa shape index (κ2) is 4.04. The van der Waals surface area contributed by atoms with Crippen LogP contribution < -0.4 is 0 Å². The summed E-state index contributed by atoms with van der Waals surface area (Å²) in [6.45, 7) is 4.79. The molecule has 0 amide bonds. The van der Waals surface area contributed by atoms with E-state index in [4.69, 9.17) is 4.74 Å². The average Bonchev–Trinajstić information content (AvgIpc) is 1.87. The minimum absolute atomic E-state index is 0.283. The third kappa shape index (κ3) is 2.43. The Labute approximate surface area is 69.9 Å². The predicted octanol–water partition coefficient (Wildman–Crippen LogP) is 0.820. The zero-order valence-corrected chi connectivity index (χ0v) is 8.51.